The molecule has 2 fully saturated rings. The van der Waals surface area contributed by atoms with Crippen molar-refractivity contribution in [2.24, 2.45) is 5.73 Å². The summed E-state index contributed by atoms with van der Waals surface area (Å²) in [5.41, 5.74) is 8.07. The lowest BCUT2D eigenvalue weighted by molar-refractivity contribution is -0.120. The van der Waals surface area contributed by atoms with Gasteiger partial charge < -0.3 is 15.5 Å². The zero-order valence-corrected chi connectivity index (χ0v) is 11.2. The molecule has 4 nitrogen and oxygen atoms in total. The minimum absolute atomic E-state index is 0.0557. The minimum Gasteiger partial charge on any atom is -0.372 e. The van der Waals surface area contributed by atoms with Gasteiger partial charge in [-0.3, -0.25) is 4.79 Å². The summed E-state index contributed by atoms with van der Waals surface area (Å²) in [5.74, 6) is 0.0557. The van der Waals surface area contributed by atoms with Gasteiger partial charge in [0.05, 0.1) is 6.04 Å². The second-order valence-corrected chi connectivity index (χ2v) is 5.45. The monoisotopic (exact) mass is 259 g/mol. The van der Waals surface area contributed by atoms with E-state index in [2.05, 4.69) is 17.0 Å². The van der Waals surface area contributed by atoms with Gasteiger partial charge in [0, 0.05) is 31.0 Å². The average Bonchev–Trinajstić information content (AvgIpc) is 2.96. The molecule has 1 atom stereocenters. The van der Waals surface area contributed by atoms with Crippen LogP contribution in [0.2, 0.25) is 0 Å². The zero-order valence-electron chi connectivity index (χ0n) is 11.2. The fourth-order valence-electron chi connectivity index (χ4n) is 2.98. The van der Waals surface area contributed by atoms with Crippen molar-refractivity contribution in [1.29, 1.82) is 0 Å². The molecule has 0 aromatic heterocycles. The molecule has 102 valence electrons. The van der Waals surface area contributed by atoms with E-state index in [1.807, 2.05) is 17.0 Å². The number of rotatable bonds is 2. The van der Waals surface area contributed by atoms with Crippen LogP contribution < -0.4 is 15.5 Å². The van der Waals surface area contributed by atoms with E-state index in [4.69, 9.17) is 5.73 Å². The predicted octanol–water partition coefficient (Wildman–Crippen LogP) is 1.74. The number of carbonyl (C=O) groups is 1. The highest BCUT2D eigenvalue weighted by Crippen LogP contribution is 2.25. The van der Waals surface area contributed by atoms with Gasteiger partial charge >= 0.3 is 0 Å². The first kappa shape index (κ1) is 12.5. The highest BCUT2D eigenvalue weighted by atomic mass is 16.2. The van der Waals surface area contributed by atoms with Gasteiger partial charge in [-0.2, -0.15) is 0 Å². The second-order valence-electron chi connectivity index (χ2n) is 5.45. The second kappa shape index (κ2) is 5.21. The van der Waals surface area contributed by atoms with Gasteiger partial charge in [-0.25, -0.2) is 0 Å². The number of hydrogen-bond acceptors (Lipinski definition) is 3. The standard InChI is InChI=1S/C15H21N3O/c16-14-4-3-11-18(15(14)19)13-7-5-12(6-8-13)17-9-1-2-10-17/h5-8,14H,1-4,9-11,16H2. The molecule has 0 radical (unpaired) electrons. The maximum Gasteiger partial charge on any atom is 0.243 e. The van der Waals surface area contributed by atoms with Gasteiger partial charge in [0.25, 0.3) is 0 Å². The molecule has 1 unspecified atom stereocenters. The van der Waals surface area contributed by atoms with Crippen molar-refractivity contribution >= 4 is 17.3 Å². The average molecular weight is 259 g/mol. The summed E-state index contributed by atoms with van der Waals surface area (Å²) >= 11 is 0. The van der Waals surface area contributed by atoms with Crippen LogP contribution in [-0.2, 0) is 4.79 Å². The normalized spacial score (nSPS) is 24.1. The Kier molecular flexibility index (Phi) is 3.42. The highest BCUT2D eigenvalue weighted by molar-refractivity contribution is 5.97. The smallest absolute Gasteiger partial charge is 0.243 e. The van der Waals surface area contributed by atoms with Gasteiger partial charge in [0.15, 0.2) is 0 Å². The number of benzene rings is 1. The van der Waals surface area contributed by atoms with Crippen molar-refractivity contribution in [2.45, 2.75) is 31.7 Å². The van der Waals surface area contributed by atoms with Gasteiger partial charge in [0.2, 0.25) is 5.91 Å². The van der Waals surface area contributed by atoms with Gasteiger partial charge in [-0.1, -0.05) is 0 Å². The third kappa shape index (κ3) is 2.45. The Hall–Kier alpha value is -1.55. The third-order valence-corrected chi connectivity index (χ3v) is 4.11. The molecule has 19 heavy (non-hydrogen) atoms. The van der Waals surface area contributed by atoms with Crippen LogP contribution in [0.4, 0.5) is 11.4 Å². The number of piperidine rings is 1. The van der Waals surface area contributed by atoms with Gasteiger partial charge in [-0.05, 0) is 49.9 Å². The molecule has 1 aromatic rings. The van der Waals surface area contributed by atoms with E-state index >= 15 is 0 Å². The van der Waals surface area contributed by atoms with E-state index < -0.39 is 0 Å². The van der Waals surface area contributed by atoms with Crippen molar-refractivity contribution in [2.75, 3.05) is 29.4 Å². The summed E-state index contributed by atoms with van der Waals surface area (Å²) < 4.78 is 0. The first-order valence-electron chi connectivity index (χ1n) is 7.18. The van der Waals surface area contributed by atoms with Crippen LogP contribution in [0, 0.1) is 0 Å². The van der Waals surface area contributed by atoms with Crippen LogP contribution >= 0.6 is 0 Å². The first-order valence-corrected chi connectivity index (χ1v) is 7.18. The fraction of sp³-hybridized carbons (Fsp3) is 0.533. The summed E-state index contributed by atoms with van der Waals surface area (Å²) in [6.45, 7) is 3.08. The van der Waals surface area contributed by atoms with E-state index in [9.17, 15) is 4.79 Å². The lowest BCUT2D eigenvalue weighted by atomic mass is 10.0. The van der Waals surface area contributed by atoms with E-state index in [0.29, 0.717) is 0 Å². The summed E-state index contributed by atoms with van der Waals surface area (Å²) in [6, 6.07) is 8.00. The molecule has 0 spiro atoms. The largest absolute Gasteiger partial charge is 0.372 e. The van der Waals surface area contributed by atoms with Crippen LogP contribution in [0.5, 0.6) is 0 Å². The molecular weight excluding hydrogens is 238 g/mol. The molecule has 0 bridgehead atoms. The Morgan fingerprint density at radius 2 is 1.58 bits per heavy atom. The quantitative estimate of drug-likeness (QED) is 0.880. The topological polar surface area (TPSA) is 49.6 Å². The molecule has 2 aliphatic rings. The van der Waals surface area contributed by atoms with Crippen molar-refractivity contribution in [3.63, 3.8) is 0 Å². The van der Waals surface area contributed by atoms with Gasteiger partial charge in [0.1, 0.15) is 0 Å². The van der Waals surface area contributed by atoms with E-state index in [1.54, 1.807) is 0 Å². The predicted molar refractivity (Wildman–Crippen MR) is 77.5 cm³/mol. The van der Waals surface area contributed by atoms with Crippen LogP contribution in [0.15, 0.2) is 24.3 Å². The van der Waals surface area contributed by atoms with Crippen molar-refractivity contribution in [3.05, 3.63) is 24.3 Å². The van der Waals surface area contributed by atoms with Crippen molar-refractivity contribution in [1.82, 2.24) is 0 Å². The minimum atomic E-state index is -0.327. The van der Waals surface area contributed by atoms with Crippen LogP contribution in [0.3, 0.4) is 0 Å². The number of nitrogens with zero attached hydrogens (tertiary/aromatic N) is 2. The Morgan fingerprint density at radius 1 is 0.947 bits per heavy atom. The lowest BCUT2D eigenvalue weighted by Crippen LogP contribution is -2.48. The van der Waals surface area contributed by atoms with Crippen molar-refractivity contribution in [3.8, 4) is 0 Å². The molecule has 1 amide bonds. The summed E-state index contributed by atoms with van der Waals surface area (Å²) in [7, 11) is 0. The Labute approximate surface area is 114 Å². The maximum atomic E-state index is 12.1. The lowest BCUT2D eigenvalue weighted by Gasteiger charge is -2.30. The molecule has 1 aromatic carbocycles. The molecule has 2 aliphatic heterocycles. The molecule has 2 N–H and O–H groups in total. The van der Waals surface area contributed by atoms with Crippen LogP contribution in [0.1, 0.15) is 25.7 Å². The summed E-state index contributed by atoms with van der Waals surface area (Å²) in [4.78, 5) is 16.3. The summed E-state index contributed by atoms with van der Waals surface area (Å²) in [5, 5.41) is 0. The number of carbonyl (C=O) groups excluding carboxylic acids is 1. The Balaban J connectivity index is 1.76. The van der Waals surface area contributed by atoms with Crippen LogP contribution in [-0.4, -0.2) is 31.6 Å². The molecule has 0 aliphatic carbocycles. The molecule has 2 saturated heterocycles. The molecule has 0 saturated carbocycles. The van der Waals surface area contributed by atoms with Gasteiger partial charge in [-0.15, -0.1) is 0 Å². The maximum absolute atomic E-state index is 12.1. The zero-order chi connectivity index (χ0) is 13.2. The first-order chi connectivity index (χ1) is 9.25. The summed E-state index contributed by atoms with van der Waals surface area (Å²) in [6.07, 6.45) is 4.35. The Bertz CT molecular complexity index is 451. The number of hydrogen-bond donors (Lipinski definition) is 1. The molecule has 2 heterocycles. The number of nitrogens with two attached hydrogens (primary N) is 1. The third-order valence-electron chi connectivity index (χ3n) is 4.11. The van der Waals surface area contributed by atoms with E-state index in [1.165, 1.54) is 18.5 Å². The van der Waals surface area contributed by atoms with Crippen LogP contribution in [0.25, 0.3) is 0 Å². The molecule has 3 rings (SSSR count). The fourth-order valence-corrected chi connectivity index (χ4v) is 2.98. The molecule has 4 heteroatoms. The molecular formula is C15H21N3O. The van der Waals surface area contributed by atoms with E-state index in [-0.39, 0.29) is 11.9 Å². The SMILES string of the molecule is NC1CCCN(c2ccc(N3CCCC3)cc2)C1=O. The highest BCUT2D eigenvalue weighted by Gasteiger charge is 2.26. The van der Waals surface area contributed by atoms with Crippen molar-refractivity contribution < 1.29 is 4.79 Å². The number of anilines is 2. The van der Waals surface area contributed by atoms with E-state index in [0.717, 1.165) is 38.2 Å². The number of amides is 1. The Morgan fingerprint density at radius 3 is 2.26 bits per heavy atom.